The molecule has 1 heterocycles. The summed E-state index contributed by atoms with van der Waals surface area (Å²) in [6.45, 7) is 5.46. The first-order valence-electron chi connectivity index (χ1n) is 10.0. The molecule has 3 aromatic carbocycles. The van der Waals surface area contributed by atoms with Gasteiger partial charge in [0.05, 0.1) is 10.7 Å². The molecule has 1 amide bonds. The Hall–Kier alpha value is -3.16. The second-order valence-corrected chi connectivity index (χ2v) is 8.34. The molecule has 1 saturated heterocycles. The number of piperazine rings is 1. The van der Waals surface area contributed by atoms with Crippen molar-refractivity contribution in [1.82, 2.24) is 9.80 Å². The first-order valence-corrected chi connectivity index (χ1v) is 10.8. The fourth-order valence-electron chi connectivity index (χ4n) is 3.99. The molecule has 3 N–H and O–H groups in total. The number of carbonyl (C=O) groups excluding carboxylic acids is 1. The van der Waals surface area contributed by atoms with Crippen molar-refractivity contribution in [2.24, 2.45) is 0 Å². The summed E-state index contributed by atoms with van der Waals surface area (Å²) in [6.07, 6.45) is 1.28. The lowest BCUT2D eigenvalue weighted by Gasteiger charge is -2.36. The molecule has 0 atom stereocenters. The maximum Gasteiger partial charge on any atom is 0.246 e. The predicted molar refractivity (Wildman–Crippen MR) is 130 cm³/mol. The van der Waals surface area contributed by atoms with Crippen LogP contribution in [-0.2, 0) is 4.79 Å². The van der Waals surface area contributed by atoms with E-state index in [-0.39, 0.29) is 27.9 Å². The largest absolute Gasteiger partial charge is 0.508 e. The minimum absolute atomic E-state index is 0.000669. The van der Waals surface area contributed by atoms with Crippen LogP contribution in [0.5, 0.6) is 5.75 Å². The van der Waals surface area contributed by atoms with Gasteiger partial charge in [-0.05, 0) is 40.6 Å². The molecule has 0 unspecified atom stereocenters. The van der Waals surface area contributed by atoms with E-state index in [9.17, 15) is 9.90 Å². The van der Waals surface area contributed by atoms with E-state index < -0.39 is 5.82 Å². The van der Waals surface area contributed by atoms with Crippen molar-refractivity contribution in [3.05, 3.63) is 71.5 Å². The van der Waals surface area contributed by atoms with E-state index in [0.717, 1.165) is 10.8 Å². The molecule has 0 aliphatic carbocycles. The molecular weight excluding hydrogens is 449 g/mol. The van der Waals surface area contributed by atoms with Crippen LogP contribution in [0.2, 0.25) is 5.02 Å². The Morgan fingerprint density at radius 1 is 1.16 bits per heavy atom. The number of amides is 1. The minimum atomic E-state index is -0.689. The number of hydrogen-bond acceptors (Lipinski definition) is 4. The number of phenols is 1. The maximum atomic E-state index is 15.6. The Labute approximate surface area is 195 Å². The SMILES string of the molecule is C=CC(=O)N1CCN(C(=S)c2cc(Cl)c(-c3cc(O)cc4ccccc34)c(F)c2N)CC1. The Bertz CT molecular complexity index is 1260. The summed E-state index contributed by atoms with van der Waals surface area (Å²) in [7, 11) is 0. The summed E-state index contributed by atoms with van der Waals surface area (Å²) in [5.41, 5.74) is 6.98. The smallest absolute Gasteiger partial charge is 0.246 e. The average molecular weight is 470 g/mol. The van der Waals surface area contributed by atoms with Crippen molar-refractivity contribution >= 4 is 51.2 Å². The molecular formula is C24H21ClFN3O2S. The molecule has 164 valence electrons. The number of halogens is 2. The van der Waals surface area contributed by atoms with Crippen molar-refractivity contribution in [2.45, 2.75) is 0 Å². The number of nitrogen functional groups attached to an aromatic ring is 1. The fourth-order valence-corrected chi connectivity index (χ4v) is 4.63. The van der Waals surface area contributed by atoms with Gasteiger partial charge in [-0.15, -0.1) is 0 Å². The number of thiocarbonyl (C=S) groups is 1. The summed E-state index contributed by atoms with van der Waals surface area (Å²) in [5, 5.41) is 11.8. The number of fused-ring (bicyclic) bond motifs is 1. The molecule has 1 fully saturated rings. The Morgan fingerprint density at radius 3 is 2.50 bits per heavy atom. The molecule has 1 aliphatic rings. The van der Waals surface area contributed by atoms with E-state index >= 15 is 4.39 Å². The second kappa shape index (κ2) is 8.76. The van der Waals surface area contributed by atoms with Crippen LogP contribution in [-0.4, -0.2) is 52.0 Å². The van der Waals surface area contributed by atoms with Crippen LogP contribution in [0.3, 0.4) is 0 Å². The Balaban J connectivity index is 1.71. The highest BCUT2D eigenvalue weighted by atomic mass is 35.5. The first-order chi connectivity index (χ1) is 15.3. The lowest BCUT2D eigenvalue weighted by Crippen LogP contribution is -2.50. The standard InChI is InChI=1S/C24H21ClFN3O2S/c1-2-20(31)28-7-9-29(10-8-28)24(32)18-13-19(25)21(22(26)23(18)27)17-12-15(30)11-14-5-3-4-6-16(14)17/h2-6,11-13,30H,1,7-10,27H2. The number of nitrogens with two attached hydrogens (primary N) is 1. The van der Waals surface area contributed by atoms with Gasteiger partial charge >= 0.3 is 0 Å². The number of phenolic OH excluding ortho intramolecular Hbond substituents is 1. The van der Waals surface area contributed by atoms with Crippen LogP contribution in [0.15, 0.2) is 55.1 Å². The van der Waals surface area contributed by atoms with E-state index in [1.807, 2.05) is 29.2 Å². The molecule has 0 aromatic heterocycles. The zero-order valence-corrected chi connectivity index (χ0v) is 18.7. The third kappa shape index (κ3) is 3.89. The third-order valence-electron chi connectivity index (χ3n) is 5.66. The van der Waals surface area contributed by atoms with Crippen LogP contribution in [0.4, 0.5) is 10.1 Å². The summed E-state index contributed by atoms with van der Waals surface area (Å²) < 4.78 is 15.6. The topological polar surface area (TPSA) is 69.8 Å². The van der Waals surface area contributed by atoms with Gasteiger partial charge < -0.3 is 20.6 Å². The second-order valence-electron chi connectivity index (χ2n) is 7.54. The zero-order valence-electron chi connectivity index (χ0n) is 17.1. The van der Waals surface area contributed by atoms with Crippen molar-refractivity contribution in [1.29, 1.82) is 0 Å². The van der Waals surface area contributed by atoms with E-state index in [1.165, 1.54) is 12.1 Å². The number of anilines is 1. The van der Waals surface area contributed by atoms with Gasteiger partial charge in [0.15, 0.2) is 5.82 Å². The van der Waals surface area contributed by atoms with E-state index in [4.69, 9.17) is 29.6 Å². The van der Waals surface area contributed by atoms with Gasteiger partial charge in [-0.25, -0.2) is 4.39 Å². The molecule has 4 rings (SSSR count). The van der Waals surface area contributed by atoms with Crippen LogP contribution < -0.4 is 5.73 Å². The van der Waals surface area contributed by atoms with Crippen molar-refractivity contribution in [2.75, 3.05) is 31.9 Å². The van der Waals surface area contributed by atoms with Gasteiger partial charge in [0, 0.05) is 37.3 Å². The van der Waals surface area contributed by atoms with Gasteiger partial charge in [0.1, 0.15) is 10.7 Å². The van der Waals surface area contributed by atoms with Gasteiger partial charge in [-0.3, -0.25) is 4.79 Å². The first kappa shape index (κ1) is 22.0. The molecule has 0 radical (unpaired) electrons. The monoisotopic (exact) mass is 469 g/mol. The fraction of sp³-hybridized carbons (Fsp3) is 0.167. The summed E-state index contributed by atoms with van der Waals surface area (Å²) in [5.74, 6) is -0.822. The number of aromatic hydroxyl groups is 1. The molecule has 1 aliphatic heterocycles. The molecule has 0 spiro atoms. The van der Waals surface area contributed by atoms with Crippen LogP contribution >= 0.6 is 23.8 Å². The van der Waals surface area contributed by atoms with E-state index in [0.29, 0.717) is 42.3 Å². The molecule has 5 nitrogen and oxygen atoms in total. The molecule has 3 aromatic rings. The minimum Gasteiger partial charge on any atom is -0.508 e. The summed E-state index contributed by atoms with van der Waals surface area (Å²) >= 11 is 12.1. The van der Waals surface area contributed by atoms with Crippen LogP contribution in [0.1, 0.15) is 5.56 Å². The maximum absolute atomic E-state index is 15.6. The van der Waals surface area contributed by atoms with Crippen molar-refractivity contribution in [3.63, 3.8) is 0 Å². The van der Waals surface area contributed by atoms with Crippen LogP contribution in [0, 0.1) is 5.82 Å². The van der Waals surface area contributed by atoms with Gasteiger partial charge in [0.25, 0.3) is 0 Å². The number of rotatable bonds is 3. The number of hydrogen-bond donors (Lipinski definition) is 2. The van der Waals surface area contributed by atoms with Gasteiger partial charge in [-0.1, -0.05) is 54.7 Å². The molecule has 32 heavy (non-hydrogen) atoms. The Kier molecular flexibility index (Phi) is 6.04. The molecule has 8 heteroatoms. The zero-order chi connectivity index (χ0) is 23.0. The number of nitrogens with zero attached hydrogens (tertiary/aromatic N) is 2. The number of benzene rings is 3. The molecule has 0 bridgehead atoms. The quantitative estimate of drug-likeness (QED) is 0.333. The highest BCUT2D eigenvalue weighted by molar-refractivity contribution is 7.80. The lowest BCUT2D eigenvalue weighted by atomic mass is 9.95. The normalized spacial score (nSPS) is 13.9. The average Bonchev–Trinajstić information content (AvgIpc) is 2.80. The molecule has 0 saturated carbocycles. The predicted octanol–water partition coefficient (Wildman–Crippen LogP) is 4.59. The summed E-state index contributed by atoms with van der Waals surface area (Å²) in [6, 6.07) is 12.0. The Morgan fingerprint density at radius 2 is 1.81 bits per heavy atom. The van der Waals surface area contributed by atoms with E-state index in [1.54, 1.807) is 17.0 Å². The van der Waals surface area contributed by atoms with Gasteiger partial charge in [-0.2, -0.15) is 0 Å². The highest BCUT2D eigenvalue weighted by Gasteiger charge is 2.26. The highest BCUT2D eigenvalue weighted by Crippen LogP contribution is 2.41. The number of carbonyl (C=O) groups is 1. The summed E-state index contributed by atoms with van der Waals surface area (Å²) in [4.78, 5) is 15.7. The van der Waals surface area contributed by atoms with Crippen molar-refractivity contribution < 1.29 is 14.3 Å². The van der Waals surface area contributed by atoms with Gasteiger partial charge in [0.2, 0.25) is 5.91 Å². The van der Waals surface area contributed by atoms with E-state index in [2.05, 4.69) is 6.58 Å². The lowest BCUT2D eigenvalue weighted by molar-refractivity contribution is -0.127. The van der Waals surface area contributed by atoms with Crippen molar-refractivity contribution in [3.8, 4) is 16.9 Å². The third-order valence-corrected chi connectivity index (χ3v) is 6.43. The van der Waals surface area contributed by atoms with Crippen LogP contribution in [0.25, 0.3) is 21.9 Å².